The fraction of sp³-hybridized carbons (Fsp3) is 0.143. The Morgan fingerprint density at radius 1 is 1.37 bits per heavy atom. The van der Waals surface area contributed by atoms with Gasteiger partial charge in [0.2, 0.25) is 5.88 Å². The molecule has 0 unspecified atom stereocenters. The Labute approximate surface area is 110 Å². The maximum Gasteiger partial charge on any atom is 0.214 e. The molecule has 96 valence electrons. The predicted octanol–water partition coefficient (Wildman–Crippen LogP) is 2.71. The Bertz CT molecular complexity index is 622. The Morgan fingerprint density at radius 3 is 2.89 bits per heavy atom. The number of nitrogens with one attached hydrogen (secondary N) is 1. The van der Waals surface area contributed by atoms with E-state index < -0.39 is 5.82 Å². The van der Waals surface area contributed by atoms with E-state index in [2.05, 4.69) is 10.3 Å². The molecule has 1 heterocycles. The Kier molecular flexibility index (Phi) is 3.94. The zero-order chi connectivity index (χ0) is 13.7. The molecule has 0 spiro atoms. The summed E-state index contributed by atoms with van der Waals surface area (Å²) in [6.45, 7) is 0.289. The lowest BCUT2D eigenvalue weighted by molar-refractivity contribution is 0.398. The van der Waals surface area contributed by atoms with Crippen molar-refractivity contribution >= 4 is 5.82 Å². The van der Waals surface area contributed by atoms with E-state index in [9.17, 15) is 4.39 Å². The summed E-state index contributed by atoms with van der Waals surface area (Å²) >= 11 is 0. The summed E-state index contributed by atoms with van der Waals surface area (Å²) in [7, 11) is 1.53. The van der Waals surface area contributed by atoms with Crippen LogP contribution in [0.4, 0.5) is 10.2 Å². The molecule has 0 aliphatic heterocycles. The first-order valence-corrected chi connectivity index (χ1v) is 5.66. The van der Waals surface area contributed by atoms with Crippen LogP contribution in [-0.2, 0) is 6.54 Å². The number of halogens is 1. The number of nitriles is 1. The van der Waals surface area contributed by atoms with E-state index >= 15 is 0 Å². The highest BCUT2D eigenvalue weighted by Crippen LogP contribution is 2.14. The van der Waals surface area contributed by atoms with E-state index in [1.165, 1.54) is 13.2 Å². The monoisotopic (exact) mass is 257 g/mol. The second-order valence-corrected chi connectivity index (χ2v) is 3.84. The fourth-order valence-corrected chi connectivity index (χ4v) is 1.57. The number of ether oxygens (including phenoxy) is 1. The lowest BCUT2D eigenvalue weighted by atomic mass is 10.1. The normalized spacial score (nSPS) is 9.74. The zero-order valence-electron chi connectivity index (χ0n) is 10.4. The molecule has 0 bridgehead atoms. The lowest BCUT2D eigenvalue weighted by Gasteiger charge is -2.08. The molecule has 19 heavy (non-hydrogen) atoms. The highest BCUT2D eigenvalue weighted by Gasteiger charge is 2.04. The van der Waals surface area contributed by atoms with Crippen molar-refractivity contribution in [3.8, 4) is 11.9 Å². The summed E-state index contributed by atoms with van der Waals surface area (Å²) in [5.74, 6) is 0.683. The molecule has 1 aromatic carbocycles. The Balaban J connectivity index is 2.08. The van der Waals surface area contributed by atoms with Crippen molar-refractivity contribution in [2.45, 2.75) is 6.54 Å². The fourth-order valence-electron chi connectivity index (χ4n) is 1.57. The molecule has 1 aromatic heterocycles. The summed E-state index contributed by atoms with van der Waals surface area (Å²) in [6, 6.07) is 11.6. The van der Waals surface area contributed by atoms with Gasteiger partial charge in [-0.1, -0.05) is 12.1 Å². The van der Waals surface area contributed by atoms with Gasteiger partial charge >= 0.3 is 0 Å². The van der Waals surface area contributed by atoms with Crippen molar-refractivity contribution in [3.63, 3.8) is 0 Å². The third kappa shape index (κ3) is 3.19. The maximum absolute atomic E-state index is 13.6. The van der Waals surface area contributed by atoms with E-state index in [0.29, 0.717) is 22.8 Å². The highest BCUT2D eigenvalue weighted by molar-refractivity contribution is 5.39. The van der Waals surface area contributed by atoms with Gasteiger partial charge in [-0.15, -0.1) is 0 Å². The van der Waals surface area contributed by atoms with Crippen LogP contribution in [-0.4, -0.2) is 12.1 Å². The number of methoxy groups -OCH3 is 1. The van der Waals surface area contributed by atoms with E-state index in [-0.39, 0.29) is 6.54 Å². The average Bonchev–Trinajstić information content (AvgIpc) is 2.46. The number of hydrogen-bond donors (Lipinski definition) is 1. The number of aromatic nitrogens is 1. The van der Waals surface area contributed by atoms with Crippen LogP contribution in [0.1, 0.15) is 11.1 Å². The van der Waals surface area contributed by atoms with Gasteiger partial charge in [-0.2, -0.15) is 10.2 Å². The predicted molar refractivity (Wildman–Crippen MR) is 69.2 cm³/mol. The average molecular weight is 257 g/mol. The second-order valence-electron chi connectivity index (χ2n) is 3.84. The van der Waals surface area contributed by atoms with Crippen LogP contribution >= 0.6 is 0 Å². The number of pyridine rings is 1. The Hall–Kier alpha value is -2.61. The van der Waals surface area contributed by atoms with Crippen LogP contribution in [0, 0.1) is 17.1 Å². The van der Waals surface area contributed by atoms with Crippen molar-refractivity contribution in [2.75, 3.05) is 12.4 Å². The molecule has 2 aromatic rings. The first-order chi connectivity index (χ1) is 9.22. The molecule has 1 N–H and O–H groups in total. The molecular formula is C14H12FN3O. The number of benzene rings is 1. The van der Waals surface area contributed by atoms with Crippen LogP contribution in [0.15, 0.2) is 36.4 Å². The third-order valence-electron chi connectivity index (χ3n) is 2.57. The van der Waals surface area contributed by atoms with Crippen LogP contribution in [0.2, 0.25) is 0 Å². The van der Waals surface area contributed by atoms with Gasteiger partial charge < -0.3 is 10.1 Å². The lowest BCUT2D eigenvalue weighted by Crippen LogP contribution is -2.04. The SMILES string of the molecule is COc1cccc(NCc2ccc(C#N)cc2F)n1. The smallest absolute Gasteiger partial charge is 0.214 e. The molecule has 0 fully saturated rings. The molecule has 4 nitrogen and oxygen atoms in total. The molecule has 0 radical (unpaired) electrons. The molecule has 0 aliphatic rings. The second kappa shape index (κ2) is 5.83. The van der Waals surface area contributed by atoms with Crippen molar-refractivity contribution in [1.82, 2.24) is 4.98 Å². The van der Waals surface area contributed by atoms with Gasteiger partial charge in [-0.05, 0) is 18.2 Å². The highest BCUT2D eigenvalue weighted by atomic mass is 19.1. The third-order valence-corrected chi connectivity index (χ3v) is 2.57. The van der Waals surface area contributed by atoms with Gasteiger partial charge in [0.1, 0.15) is 11.6 Å². The topological polar surface area (TPSA) is 57.9 Å². The minimum atomic E-state index is -0.408. The van der Waals surface area contributed by atoms with Gasteiger partial charge in [0.25, 0.3) is 0 Å². The summed E-state index contributed by atoms with van der Waals surface area (Å²) in [6.07, 6.45) is 0. The van der Waals surface area contributed by atoms with Crippen molar-refractivity contribution in [2.24, 2.45) is 0 Å². The van der Waals surface area contributed by atoms with Gasteiger partial charge in [-0.25, -0.2) is 4.39 Å². The van der Waals surface area contributed by atoms with E-state index in [0.717, 1.165) is 0 Å². The molecule has 0 amide bonds. The van der Waals surface area contributed by atoms with Gasteiger partial charge in [0.05, 0.1) is 18.7 Å². The first-order valence-electron chi connectivity index (χ1n) is 5.66. The van der Waals surface area contributed by atoms with Crippen molar-refractivity contribution < 1.29 is 9.13 Å². The number of anilines is 1. The van der Waals surface area contributed by atoms with Crippen molar-refractivity contribution in [3.05, 3.63) is 53.3 Å². The van der Waals surface area contributed by atoms with E-state index in [4.69, 9.17) is 10.00 Å². The van der Waals surface area contributed by atoms with Crippen molar-refractivity contribution in [1.29, 1.82) is 5.26 Å². The summed E-state index contributed by atoms with van der Waals surface area (Å²) in [5, 5.41) is 11.7. The number of rotatable bonds is 4. The molecule has 2 rings (SSSR count). The summed E-state index contributed by atoms with van der Waals surface area (Å²) < 4.78 is 18.6. The molecule has 0 atom stereocenters. The standard InChI is InChI=1S/C14H12FN3O/c1-19-14-4-2-3-13(18-14)17-9-11-6-5-10(8-16)7-12(11)15/h2-7H,9H2,1H3,(H,17,18). The maximum atomic E-state index is 13.6. The van der Waals surface area contributed by atoms with E-state index in [1.54, 1.807) is 30.3 Å². The minimum Gasteiger partial charge on any atom is -0.481 e. The van der Waals surface area contributed by atoms with Gasteiger partial charge in [0, 0.05) is 18.2 Å². The quantitative estimate of drug-likeness (QED) is 0.914. The van der Waals surface area contributed by atoms with Crippen LogP contribution in [0.3, 0.4) is 0 Å². The van der Waals surface area contributed by atoms with Gasteiger partial charge in [0.15, 0.2) is 0 Å². The number of hydrogen-bond acceptors (Lipinski definition) is 4. The molecular weight excluding hydrogens is 245 g/mol. The largest absolute Gasteiger partial charge is 0.481 e. The van der Waals surface area contributed by atoms with Gasteiger partial charge in [-0.3, -0.25) is 0 Å². The molecule has 5 heteroatoms. The summed E-state index contributed by atoms with van der Waals surface area (Å²) in [5.41, 5.74) is 0.782. The zero-order valence-corrected chi connectivity index (χ0v) is 10.4. The van der Waals surface area contributed by atoms with E-state index in [1.807, 2.05) is 6.07 Å². The Morgan fingerprint density at radius 2 is 2.21 bits per heavy atom. The molecule has 0 saturated heterocycles. The summed E-state index contributed by atoms with van der Waals surface area (Å²) in [4.78, 5) is 4.16. The minimum absolute atomic E-state index is 0.289. The van der Waals surface area contributed by atoms with Crippen LogP contribution < -0.4 is 10.1 Å². The molecule has 0 aliphatic carbocycles. The van der Waals surface area contributed by atoms with Crippen LogP contribution in [0.25, 0.3) is 0 Å². The number of nitrogens with zero attached hydrogens (tertiary/aromatic N) is 2. The van der Waals surface area contributed by atoms with Crippen LogP contribution in [0.5, 0.6) is 5.88 Å². The first kappa shape index (κ1) is 12.8. The molecule has 0 saturated carbocycles.